The van der Waals surface area contributed by atoms with E-state index in [4.69, 9.17) is 0 Å². The van der Waals surface area contributed by atoms with E-state index in [1.807, 2.05) is 6.92 Å². The first-order valence-electron chi connectivity index (χ1n) is 6.89. The summed E-state index contributed by atoms with van der Waals surface area (Å²) in [5, 5.41) is 3.50. The highest BCUT2D eigenvalue weighted by molar-refractivity contribution is 5.63. The summed E-state index contributed by atoms with van der Waals surface area (Å²) >= 11 is 0. The lowest BCUT2D eigenvalue weighted by atomic mass is 10.0. The van der Waals surface area contributed by atoms with Gasteiger partial charge in [-0.3, -0.25) is 0 Å². The number of aromatic nitrogens is 2. The maximum absolute atomic E-state index is 4.60. The van der Waals surface area contributed by atoms with Gasteiger partial charge in [0.2, 0.25) is 0 Å². The van der Waals surface area contributed by atoms with Crippen molar-refractivity contribution in [3.63, 3.8) is 0 Å². The Labute approximate surface area is 114 Å². The third kappa shape index (κ3) is 2.51. The second kappa shape index (κ2) is 5.10. The molecule has 1 fully saturated rings. The van der Waals surface area contributed by atoms with Crippen LogP contribution in [0, 0.1) is 13.8 Å². The molecule has 3 rings (SSSR count). The number of aryl methyl sites for hydroxylation is 2. The van der Waals surface area contributed by atoms with Crippen LogP contribution in [0.4, 0.5) is 0 Å². The van der Waals surface area contributed by atoms with Gasteiger partial charge in [0.1, 0.15) is 5.82 Å². The van der Waals surface area contributed by atoms with Gasteiger partial charge in [0.15, 0.2) is 0 Å². The lowest BCUT2D eigenvalue weighted by Gasteiger charge is -2.13. The SMILES string of the molecule is Cc1nc(-c2ccccc2C)cc([C@@H]2CCCN2)n1. The van der Waals surface area contributed by atoms with Gasteiger partial charge in [-0.1, -0.05) is 24.3 Å². The molecule has 0 bridgehead atoms. The first-order valence-corrected chi connectivity index (χ1v) is 6.89. The van der Waals surface area contributed by atoms with Crippen molar-refractivity contribution < 1.29 is 0 Å². The lowest BCUT2D eigenvalue weighted by molar-refractivity contribution is 0.623. The zero-order chi connectivity index (χ0) is 13.2. The highest BCUT2D eigenvalue weighted by atomic mass is 15.0. The summed E-state index contributed by atoms with van der Waals surface area (Å²) in [7, 11) is 0. The van der Waals surface area contributed by atoms with Crippen LogP contribution in [0.1, 0.15) is 36.0 Å². The van der Waals surface area contributed by atoms with E-state index in [2.05, 4.69) is 52.5 Å². The van der Waals surface area contributed by atoms with Crippen molar-refractivity contribution in [2.24, 2.45) is 0 Å². The van der Waals surface area contributed by atoms with Gasteiger partial charge < -0.3 is 5.32 Å². The molecule has 2 aromatic rings. The molecule has 1 aliphatic heterocycles. The van der Waals surface area contributed by atoms with E-state index in [1.54, 1.807) is 0 Å². The van der Waals surface area contributed by atoms with Gasteiger partial charge in [0.25, 0.3) is 0 Å². The van der Waals surface area contributed by atoms with Crippen molar-refractivity contribution in [2.75, 3.05) is 6.54 Å². The Morgan fingerprint density at radius 3 is 2.74 bits per heavy atom. The molecule has 0 amide bonds. The van der Waals surface area contributed by atoms with Crippen LogP contribution in [-0.2, 0) is 0 Å². The molecule has 0 radical (unpaired) electrons. The Bertz CT molecular complexity index is 586. The van der Waals surface area contributed by atoms with Gasteiger partial charge in [-0.2, -0.15) is 0 Å². The van der Waals surface area contributed by atoms with E-state index in [0.29, 0.717) is 6.04 Å². The molecule has 0 saturated carbocycles. The number of nitrogens with zero attached hydrogens (tertiary/aromatic N) is 2. The Morgan fingerprint density at radius 1 is 1.16 bits per heavy atom. The van der Waals surface area contributed by atoms with Gasteiger partial charge in [0, 0.05) is 11.6 Å². The summed E-state index contributed by atoms with van der Waals surface area (Å²) in [5.74, 6) is 0.851. The molecule has 1 aromatic heterocycles. The number of hydrogen-bond acceptors (Lipinski definition) is 3. The molecular formula is C16H19N3. The van der Waals surface area contributed by atoms with E-state index in [9.17, 15) is 0 Å². The molecule has 1 aromatic carbocycles. The average Bonchev–Trinajstić information content (AvgIpc) is 2.92. The van der Waals surface area contributed by atoms with Crippen molar-refractivity contribution in [3.8, 4) is 11.3 Å². The zero-order valence-corrected chi connectivity index (χ0v) is 11.5. The van der Waals surface area contributed by atoms with Gasteiger partial charge in [0.05, 0.1) is 11.4 Å². The summed E-state index contributed by atoms with van der Waals surface area (Å²) < 4.78 is 0. The van der Waals surface area contributed by atoms with Crippen LogP contribution in [0.2, 0.25) is 0 Å². The molecule has 0 spiro atoms. The second-order valence-corrected chi connectivity index (χ2v) is 5.19. The third-order valence-electron chi connectivity index (χ3n) is 3.70. The first kappa shape index (κ1) is 12.3. The van der Waals surface area contributed by atoms with Crippen molar-refractivity contribution in [1.29, 1.82) is 0 Å². The van der Waals surface area contributed by atoms with Crippen LogP contribution in [0.15, 0.2) is 30.3 Å². The molecule has 3 heteroatoms. The van der Waals surface area contributed by atoms with Crippen LogP contribution in [0.5, 0.6) is 0 Å². The first-order chi connectivity index (χ1) is 9.24. The average molecular weight is 253 g/mol. The number of nitrogens with one attached hydrogen (secondary N) is 1. The number of rotatable bonds is 2. The summed E-state index contributed by atoms with van der Waals surface area (Å²) in [6, 6.07) is 10.9. The molecular weight excluding hydrogens is 234 g/mol. The van der Waals surface area contributed by atoms with Crippen LogP contribution in [0.25, 0.3) is 11.3 Å². The monoisotopic (exact) mass is 253 g/mol. The summed E-state index contributed by atoms with van der Waals surface area (Å²) in [5.41, 5.74) is 4.62. The molecule has 1 aliphatic rings. The molecule has 1 atom stereocenters. The maximum Gasteiger partial charge on any atom is 0.126 e. The largest absolute Gasteiger partial charge is 0.309 e. The van der Waals surface area contributed by atoms with Gasteiger partial charge in [-0.25, -0.2) is 9.97 Å². The molecule has 3 nitrogen and oxygen atoms in total. The Morgan fingerprint density at radius 2 is 2.00 bits per heavy atom. The maximum atomic E-state index is 4.60. The van der Waals surface area contributed by atoms with Crippen molar-refractivity contribution >= 4 is 0 Å². The fourth-order valence-electron chi connectivity index (χ4n) is 2.70. The highest BCUT2D eigenvalue weighted by Crippen LogP contribution is 2.26. The molecule has 0 unspecified atom stereocenters. The highest BCUT2D eigenvalue weighted by Gasteiger charge is 2.19. The Balaban J connectivity index is 2.04. The lowest BCUT2D eigenvalue weighted by Crippen LogP contribution is -2.15. The topological polar surface area (TPSA) is 37.8 Å². The van der Waals surface area contributed by atoms with Crippen LogP contribution in [-0.4, -0.2) is 16.5 Å². The molecule has 2 heterocycles. The fraction of sp³-hybridized carbons (Fsp3) is 0.375. The third-order valence-corrected chi connectivity index (χ3v) is 3.70. The van der Waals surface area contributed by atoms with E-state index < -0.39 is 0 Å². The normalized spacial score (nSPS) is 18.7. The molecule has 0 aliphatic carbocycles. The standard InChI is InChI=1S/C16H19N3/c1-11-6-3-4-7-13(11)15-10-16(19-12(2)18-15)14-8-5-9-17-14/h3-4,6-7,10,14,17H,5,8-9H2,1-2H3/t14-/m0/s1. The summed E-state index contributed by atoms with van der Waals surface area (Å²) in [6.45, 7) is 5.19. The van der Waals surface area contributed by atoms with Crippen molar-refractivity contribution in [2.45, 2.75) is 32.7 Å². The van der Waals surface area contributed by atoms with E-state index in [0.717, 1.165) is 23.8 Å². The minimum atomic E-state index is 0.393. The van der Waals surface area contributed by atoms with E-state index in [1.165, 1.54) is 24.0 Å². The quantitative estimate of drug-likeness (QED) is 0.893. The Hall–Kier alpha value is -1.74. The number of hydrogen-bond donors (Lipinski definition) is 1. The molecule has 1 saturated heterocycles. The van der Waals surface area contributed by atoms with Crippen LogP contribution < -0.4 is 5.32 Å². The van der Waals surface area contributed by atoms with Gasteiger partial charge >= 0.3 is 0 Å². The predicted octanol–water partition coefficient (Wildman–Crippen LogP) is 3.18. The molecule has 98 valence electrons. The zero-order valence-electron chi connectivity index (χ0n) is 11.5. The minimum absolute atomic E-state index is 0.393. The summed E-state index contributed by atoms with van der Waals surface area (Å²) in [4.78, 5) is 9.19. The van der Waals surface area contributed by atoms with E-state index in [-0.39, 0.29) is 0 Å². The van der Waals surface area contributed by atoms with Crippen molar-refractivity contribution in [3.05, 3.63) is 47.4 Å². The predicted molar refractivity (Wildman–Crippen MR) is 76.9 cm³/mol. The van der Waals surface area contributed by atoms with Gasteiger partial charge in [-0.05, 0) is 44.9 Å². The van der Waals surface area contributed by atoms with Crippen LogP contribution in [0.3, 0.4) is 0 Å². The second-order valence-electron chi connectivity index (χ2n) is 5.19. The molecule has 1 N–H and O–H groups in total. The van der Waals surface area contributed by atoms with E-state index >= 15 is 0 Å². The summed E-state index contributed by atoms with van der Waals surface area (Å²) in [6.07, 6.45) is 2.40. The number of benzene rings is 1. The van der Waals surface area contributed by atoms with Gasteiger partial charge in [-0.15, -0.1) is 0 Å². The smallest absolute Gasteiger partial charge is 0.126 e. The van der Waals surface area contributed by atoms with Crippen LogP contribution >= 0.6 is 0 Å². The Kier molecular flexibility index (Phi) is 3.30. The minimum Gasteiger partial charge on any atom is -0.309 e. The van der Waals surface area contributed by atoms with Crippen molar-refractivity contribution in [1.82, 2.24) is 15.3 Å². The molecule has 19 heavy (non-hydrogen) atoms. The fourth-order valence-corrected chi connectivity index (χ4v) is 2.70.